The molecule has 16 heavy (non-hydrogen) atoms. The topological polar surface area (TPSA) is 34.3 Å². The summed E-state index contributed by atoms with van der Waals surface area (Å²) in [5.74, 6) is 0. The number of ether oxygens (including phenoxy) is 3. The Bertz CT molecular complexity index is 198. The summed E-state index contributed by atoms with van der Waals surface area (Å²) in [6, 6.07) is 0. The first kappa shape index (κ1) is 16.1. The van der Waals surface area contributed by atoms with Crippen LogP contribution in [0.4, 0.5) is 17.6 Å². The summed E-state index contributed by atoms with van der Waals surface area (Å²) in [4.78, 5) is 0. The fourth-order valence-corrected chi connectivity index (χ4v) is 0.528. The van der Waals surface area contributed by atoms with Gasteiger partial charge in [0.05, 0.1) is 25.9 Å². The molecule has 8 heteroatoms. The normalized spacial score (nSPS) is 26.6. The minimum absolute atomic E-state index is 0. The van der Waals surface area contributed by atoms with Crippen LogP contribution < -0.4 is 0 Å². The van der Waals surface area contributed by atoms with Crippen molar-refractivity contribution < 1.29 is 31.8 Å². The number of rotatable bonds is 4. The Labute approximate surface area is 101 Å². The van der Waals surface area contributed by atoms with Crippen molar-refractivity contribution >= 4 is 17.0 Å². The average Bonchev–Trinajstić information content (AvgIpc) is 2.97. The Morgan fingerprint density at radius 3 is 2.00 bits per heavy atom. The van der Waals surface area contributed by atoms with Crippen molar-refractivity contribution in [1.29, 1.82) is 0 Å². The van der Waals surface area contributed by atoms with Crippen molar-refractivity contribution in [1.82, 2.24) is 0 Å². The minimum atomic E-state index is -4.34. The van der Waals surface area contributed by atoms with Crippen molar-refractivity contribution in [3.05, 3.63) is 0 Å². The van der Waals surface area contributed by atoms with Crippen LogP contribution in [0, 0.1) is 0 Å². The van der Waals surface area contributed by atoms with E-state index in [1.54, 1.807) is 0 Å². The molecule has 2 aliphatic heterocycles. The molecule has 0 spiro atoms. The van der Waals surface area contributed by atoms with Gasteiger partial charge in [-0.3, -0.25) is 0 Å². The van der Waals surface area contributed by atoms with Crippen LogP contribution >= 0.6 is 17.0 Å². The lowest BCUT2D eigenvalue weighted by Gasteiger charge is -2.14. The first-order valence-electron chi connectivity index (χ1n) is 4.45. The maximum absolute atomic E-state index is 11.9. The first-order chi connectivity index (χ1) is 6.92. The van der Waals surface area contributed by atoms with Crippen molar-refractivity contribution in [2.45, 2.75) is 31.7 Å². The highest BCUT2D eigenvalue weighted by Crippen LogP contribution is 2.25. The molecule has 0 amide bonds. The fraction of sp³-hybridized carbons (Fsp3) is 1.00. The second-order valence-corrected chi connectivity index (χ2v) is 3.27. The third kappa shape index (κ3) is 7.37. The number of epoxide rings is 2. The molecule has 2 unspecified atom stereocenters. The Kier molecular flexibility index (Phi) is 6.76. The second-order valence-electron chi connectivity index (χ2n) is 3.27. The van der Waals surface area contributed by atoms with E-state index in [1.807, 2.05) is 0 Å². The molecule has 2 rings (SSSR count). The Balaban J connectivity index is 0.000000380. The van der Waals surface area contributed by atoms with Crippen molar-refractivity contribution in [3.63, 3.8) is 0 Å². The predicted octanol–water partition coefficient (Wildman–Crippen LogP) is 2.24. The molecule has 0 radical (unpaired) electrons. The molecule has 0 aromatic carbocycles. The number of halogens is 5. The van der Waals surface area contributed by atoms with Crippen LogP contribution in [-0.2, 0) is 14.2 Å². The molecule has 3 nitrogen and oxygen atoms in total. The van der Waals surface area contributed by atoms with E-state index in [1.165, 1.54) is 0 Å². The van der Waals surface area contributed by atoms with E-state index in [0.29, 0.717) is 12.7 Å². The Morgan fingerprint density at radius 1 is 1.31 bits per heavy atom. The van der Waals surface area contributed by atoms with Gasteiger partial charge in [-0.05, 0) is 6.92 Å². The molecule has 2 aliphatic rings. The lowest BCUT2D eigenvalue weighted by Crippen LogP contribution is -2.31. The van der Waals surface area contributed by atoms with E-state index in [9.17, 15) is 17.6 Å². The lowest BCUT2D eigenvalue weighted by molar-refractivity contribution is -0.301. The van der Waals surface area contributed by atoms with Crippen molar-refractivity contribution in [2.24, 2.45) is 0 Å². The Hall–Kier alpha value is 0.0800. The van der Waals surface area contributed by atoms with Gasteiger partial charge in [-0.2, -0.15) is 8.78 Å². The number of hydrogen-bond donors (Lipinski definition) is 0. The molecule has 2 fully saturated rings. The van der Waals surface area contributed by atoms with Crippen LogP contribution in [0.1, 0.15) is 6.92 Å². The standard InChI is InChI=1S/C5H6F4O2.C3H6O.BrH/c6-4(7)5(8,9)11-2-3-1-10-3;1-3-2-4-3;/h3-4H,1-2H2;3H,2H2,1H3;1H. The van der Waals surface area contributed by atoms with Crippen LogP contribution in [-0.4, -0.2) is 44.6 Å². The maximum atomic E-state index is 11.9. The van der Waals surface area contributed by atoms with Gasteiger partial charge < -0.3 is 14.2 Å². The number of hydrogen-bond acceptors (Lipinski definition) is 3. The summed E-state index contributed by atoms with van der Waals surface area (Å²) < 4.78 is 59.3. The van der Waals surface area contributed by atoms with Crippen LogP contribution in [0.5, 0.6) is 0 Å². The Morgan fingerprint density at radius 2 is 1.75 bits per heavy atom. The molecule has 0 aromatic rings. The largest absolute Gasteiger partial charge is 0.416 e. The van der Waals surface area contributed by atoms with Gasteiger partial charge in [-0.1, -0.05) is 0 Å². The van der Waals surface area contributed by atoms with E-state index < -0.39 is 25.2 Å². The maximum Gasteiger partial charge on any atom is 0.416 e. The molecule has 2 saturated heterocycles. The highest BCUT2D eigenvalue weighted by atomic mass is 79.9. The van der Waals surface area contributed by atoms with Crippen LogP contribution in [0.15, 0.2) is 0 Å². The summed E-state index contributed by atoms with van der Waals surface area (Å²) in [5, 5.41) is 0. The molecule has 2 atom stereocenters. The predicted molar refractivity (Wildman–Crippen MR) is 52.4 cm³/mol. The summed E-state index contributed by atoms with van der Waals surface area (Å²) in [6.07, 6.45) is -7.97. The van der Waals surface area contributed by atoms with Gasteiger partial charge in [-0.15, -0.1) is 17.0 Å². The quantitative estimate of drug-likeness (QED) is 0.590. The fourth-order valence-electron chi connectivity index (χ4n) is 0.528. The van der Waals surface area contributed by atoms with Crippen LogP contribution in [0.3, 0.4) is 0 Å². The van der Waals surface area contributed by atoms with Gasteiger partial charge in [-0.25, -0.2) is 8.78 Å². The highest BCUT2D eigenvalue weighted by Gasteiger charge is 2.43. The average molecular weight is 313 g/mol. The second kappa shape index (κ2) is 6.73. The molecule has 98 valence electrons. The molecule has 0 saturated carbocycles. The molecular weight excluding hydrogens is 300 g/mol. The van der Waals surface area contributed by atoms with E-state index in [-0.39, 0.29) is 17.0 Å². The van der Waals surface area contributed by atoms with E-state index in [0.717, 1.165) is 6.61 Å². The van der Waals surface area contributed by atoms with Gasteiger partial charge in [0.25, 0.3) is 0 Å². The molecule has 0 aliphatic carbocycles. The van der Waals surface area contributed by atoms with Gasteiger partial charge in [0.1, 0.15) is 6.10 Å². The third-order valence-corrected chi connectivity index (χ3v) is 1.62. The zero-order valence-electron chi connectivity index (χ0n) is 8.50. The molecular formula is C8H13BrF4O3. The zero-order valence-corrected chi connectivity index (χ0v) is 10.2. The van der Waals surface area contributed by atoms with Crippen molar-refractivity contribution in [3.8, 4) is 0 Å². The van der Waals surface area contributed by atoms with Crippen LogP contribution in [0.2, 0.25) is 0 Å². The van der Waals surface area contributed by atoms with Gasteiger partial charge in [0.15, 0.2) is 0 Å². The van der Waals surface area contributed by atoms with E-state index in [4.69, 9.17) is 4.74 Å². The summed E-state index contributed by atoms with van der Waals surface area (Å²) >= 11 is 0. The van der Waals surface area contributed by atoms with E-state index in [2.05, 4.69) is 16.4 Å². The van der Waals surface area contributed by atoms with E-state index >= 15 is 0 Å². The first-order valence-corrected chi connectivity index (χ1v) is 4.45. The van der Waals surface area contributed by atoms with Gasteiger partial charge >= 0.3 is 12.5 Å². The lowest BCUT2D eigenvalue weighted by atomic mass is 10.5. The number of alkyl halides is 4. The summed E-state index contributed by atoms with van der Waals surface area (Å²) in [6.45, 7) is 2.87. The highest BCUT2D eigenvalue weighted by molar-refractivity contribution is 8.93. The summed E-state index contributed by atoms with van der Waals surface area (Å²) in [7, 11) is 0. The molecule has 0 aromatic heterocycles. The summed E-state index contributed by atoms with van der Waals surface area (Å²) in [5.41, 5.74) is 0. The van der Waals surface area contributed by atoms with Crippen molar-refractivity contribution in [2.75, 3.05) is 19.8 Å². The van der Waals surface area contributed by atoms with Crippen LogP contribution in [0.25, 0.3) is 0 Å². The zero-order chi connectivity index (χ0) is 11.5. The molecule has 0 N–H and O–H groups in total. The molecule has 0 bridgehead atoms. The monoisotopic (exact) mass is 312 g/mol. The van der Waals surface area contributed by atoms with Gasteiger partial charge in [0, 0.05) is 0 Å². The SMILES string of the molecule is Br.CC1CO1.FC(F)C(F)(F)OCC1CO1. The smallest absolute Gasteiger partial charge is 0.373 e. The minimum Gasteiger partial charge on any atom is -0.373 e. The molecule has 2 heterocycles. The third-order valence-electron chi connectivity index (χ3n) is 1.62. The van der Waals surface area contributed by atoms with Gasteiger partial charge in [0.2, 0.25) is 0 Å².